The van der Waals surface area contributed by atoms with E-state index in [9.17, 15) is 5.11 Å². The Kier molecular flexibility index (Phi) is 1.64. The van der Waals surface area contributed by atoms with Gasteiger partial charge in [-0.1, -0.05) is 15.9 Å². The molecule has 0 heterocycles. The standard InChI is InChI=1S/C9H9BrO/c10-8-3-7(6-1-2-6)4-9(11)5-8/h3-6,11H,1-2H2. The number of halogens is 1. The van der Waals surface area contributed by atoms with Gasteiger partial charge in [-0.2, -0.15) is 0 Å². The van der Waals surface area contributed by atoms with Gasteiger partial charge < -0.3 is 5.11 Å². The zero-order valence-electron chi connectivity index (χ0n) is 6.05. The van der Waals surface area contributed by atoms with Crippen molar-refractivity contribution in [2.24, 2.45) is 0 Å². The lowest BCUT2D eigenvalue weighted by molar-refractivity contribution is 0.474. The molecule has 0 saturated heterocycles. The lowest BCUT2D eigenvalue weighted by Gasteiger charge is -1.99. The maximum absolute atomic E-state index is 9.24. The van der Waals surface area contributed by atoms with Crippen molar-refractivity contribution in [1.29, 1.82) is 0 Å². The summed E-state index contributed by atoms with van der Waals surface area (Å²) in [5.41, 5.74) is 1.26. The molecule has 0 spiro atoms. The van der Waals surface area contributed by atoms with Gasteiger partial charge in [0.05, 0.1) is 0 Å². The van der Waals surface area contributed by atoms with E-state index in [0.717, 1.165) is 4.47 Å². The number of hydrogen-bond donors (Lipinski definition) is 1. The smallest absolute Gasteiger partial charge is 0.116 e. The number of aromatic hydroxyl groups is 1. The fourth-order valence-electron chi connectivity index (χ4n) is 1.25. The van der Waals surface area contributed by atoms with Crippen LogP contribution in [-0.2, 0) is 0 Å². The van der Waals surface area contributed by atoms with Crippen LogP contribution in [0.5, 0.6) is 5.75 Å². The predicted molar refractivity (Wildman–Crippen MR) is 47.8 cm³/mol. The highest BCUT2D eigenvalue weighted by Crippen LogP contribution is 2.41. The fourth-order valence-corrected chi connectivity index (χ4v) is 1.75. The van der Waals surface area contributed by atoms with E-state index in [1.165, 1.54) is 18.4 Å². The molecular formula is C9H9BrO. The molecule has 1 fully saturated rings. The summed E-state index contributed by atoms with van der Waals surface area (Å²) in [6, 6.07) is 5.64. The Balaban J connectivity index is 2.39. The summed E-state index contributed by atoms with van der Waals surface area (Å²) in [6.45, 7) is 0. The molecule has 2 rings (SSSR count). The summed E-state index contributed by atoms with van der Waals surface area (Å²) in [4.78, 5) is 0. The quantitative estimate of drug-likeness (QED) is 0.760. The average Bonchev–Trinajstić information content (AvgIpc) is 2.64. The van der Waals surface area contributed by atoms with Gasteiger partial charge in [-0.3, -0.25) is 0 Å². The van der Waals surface area contributed by atoms with Crippen LogP contribution in [0.15, 0.2) is 22.7 Å². The van der Waals surface area contributed by atoms with Gasteiger partial charge in [-0.25, -0.2) is 0 Å². The van der Waals surface area contributed by atoms with Gasteiger partial charge in [0.15, 0.2) is 0 Å². The number of phenols is 1. The zero-order valence-corrected chi connectivity index (χ0v) is 7.63. The summed E-state index contributed by atoms with van der Waals surface area (Å²) in [6.07, 6.45) is 2.55. The highest BCUT2D eigenvalue weighted by Gasteiger charge is 2.23. The molecule has 0 aliphatic heterocycles. The minimum absolute atomic E-state index is 0.362. The lowest BCUT2D eigenvalue weighted by Crippen LogP contribution is -1.78. The molecule has 1 nitrogen and oxygen atoms in total. The topological polar surface area (TPSA) is 20.2 Å². The minimum Gasteiger partial charge on any atom is -0.508 e. The van der Waals surface area contributed by atoms with Crippen LogP contribution in [0.3, 0.4) is 0 Å². The minimum atomic E-state index is 0.362. The molecule has 1 aromatic carbocycles. The van der Waals surface area contributed by atoms with Crippen molar-refractivity contribution in [3.8, 4) is 5.75 Å². The Labute approximate surface area is 74.2 Å². The first kappa shape index (κ1) is 7.17. The second-order valence-electron chi connectivity index (χ2n) is 3.02. The third-order valence-electron chi connectivity index (χ3n) is 1.95. The van der Waals surface area contributed by atoms with E-state index < -0.39 is 0 Å². The van der Waals surface area contributed by atoms with Crippen LogP contribution in [0.25, 0.3) is 0 Å². The largest absolute Gasteiger partial charge is 0.508 e. The molecule has 1 aliphatic rings. The molecule has 1 N–H and O–H groups in total. The van der Waals surface area contributed by atoms with Crippen molar-refractivity contribution in [1.82, 2.24) is 0 Å². The monoisotopic (exact) mass is 212 g/mol. The van der Waals surface area contributed by atoms with E-state index in [2.05, 4.69) is 22.0 Å². The normalized spacial score (nSPS) is 16.8. The Morgan fingerprint density at radius 2 is 2.00 bits per heavy atom. The van der Waals surface area contributed by atoms with Crippen LogP contribution < -0.4 is 0 Å². The lowest BCUT2D eigenvalue weighted by atomic mass is 10.1. The van der Waals surface area contributed by atoms with E-state index in [-0.39, 0.29) is 0 Å². The second kappa shape index (κ2) is 2.52. The van der Waals surface area contributed by atoms with Gasteiger partial charge in [-0.15, -0.1) is 0 Å². The molecular weight excluding hydrogens is 204 g/mol. The summed E-state index contributed by atoms with van der Waals surface area (Å²) in [5, 5.41) is 9.24. The van der Waals surface area contributed by atoms with Crippen LogP contribution in [0.1, 0.15) is 24.3 Å². The van der Waals surface area contributed by atoms with E-state index in [0.29, 0.717) is 11.7 Å². The summed E-state index contributed by atoms with van der Waals surface area (Å²) in [5.74, 6) is 1.07. The highest BCUT2D eigenvalue weighted by molar-refractivity contribution is 9.10. The summed E-state index contributed by atoms with van der Waals surface area (Å²) in [7, 11) is 0. The van der Waals surface area contributed by atoms with Crippen molar-refractivity contribution < 1.29 is 5.11 Å². The molecule has 0 aromatic heterocycles. The average molecular weight is 213 g/mol. The third kappa shape index (κ3) is 1.56. The summed E-state index contributed by atoms with van der Waals surface area (Å²) >= 11 is 3.35. The Bertz CT molecular complexity index is 259. The number of benzene rings is 1. The van der Waals surface area contributed by atoms with Crippen LogP contribution in [0, 0.1) is 0 Å². The molecule has 0 bridgehead atoms. The molecule has 11 heavy (non-hydrogen) atoms. The first-order chi connectivity index (χ1) is 5.25. The van der Waals surface area contributed by atoms with Gasteiger partial charge in [0, 0.05) is 4.47 Å². The summed E-state index contributed by atoms with van der Waals surface area (Å²) < 4.78 is 0.972. The van der Waals surface area contributed by atoms with Gasteiger partial charge in [0.1, 0.15) is 5.75 Å². The Morgan fingerprint density at radius 1 is 1.27 bits per heavy atom. The van der Waals surface area contributed by atoms with Crippen LogP contribution in [0.4, 0.5) is 0 Å². The molecule has 1 aromatic rings. The first-order valence-electron chi connectivity index (χ1n) is 3.75. The zero-order chi connectivity index (χ0) is 7.84. The number of hydrogen-bond acceptors (Lipinski definition) is 1. The van der Waals surface area contributed by atoms with Crippen LogP contribution in [0.2, 0.25) is 0 Å². The van der Waals surface area contributed by atoms with Crippen LogP contribution in [-0.4, -0.2) is 5.11 Å². The van der Waals surface area contributed by atoms with E-state index in [1.54, 1.807) is 6.07 Å². The molecule has 1 aliphatic carbocycles. The molecule has 0 atom stereocenters. The van der Waals surface area contributed by atoms with Gasteiger partial charge >= 0.3 is 0 Å². The Morgan fingerprint density at radius 3 is 2.55 bits per heavy atom. The first-order valence-corrected chi connectivity index (χ1v) is 4.54. The fraction of sp³-hybridized carbons (Fsp3) is 0.333. The van der Waals surface area contributed by atoms with Crippen molar-refractivity contribution in [3.05, 3.63) is 28.2 Å². The molecule has 0 amide bonds. The Hall–Kier alpha value is -0.500. The van der Waals surface area contributed by atoms with Crippen LogP contribution >= 0.6 is 15.9 Å². The van der Waals surface area contributed by atoms with Gasteiger partial charge in [-0.05, 0) is 42.5 Å². The van der Waals surface area contributed by atoms with Crippen molar-refractivity contribution >= 4 is 15.9 Å². The molecule has 0 unspecified atom stereocenters. The number of phenolic OH excluding ortho intramolecular Hbond substituents is 1. The number of rotatable bonds is 1. The molecule has 1 saturated carbocycles. The second-order valence-corrected chi connectivity index (χ2v) is 3.93. The maximum atomic E-state index is 9.24. The van der Waals surface area contributed by atoms with Gasteiger partial charge in [0.2, 0.25) is 0 Å². The third-order valence-corrected chi connectivity index (χ3v) is 2.41. The van der Waals surface area contributed by atoms with Crippen molar-refractivity contribution in [3.63, 3.8) is 0 Å². The molecule has 2 heteroatoms. The SMILES string of the molecule is Oc1cc(Br)cc(C2CC2)c1. The molecule has 58 valence electrons. The van der Waals surface area contributed by atoms with Crippen molar-refractivity contribution in [2.75, 3.05) is 0 Å². The maximum Gasteiger partial charge on any atom is 0.116 e. The molecule has 0 radical (unpaired) electrons. The van der Waals surface area contributed by atoms with E-state index >= 15 is 0 Å². The van der Waals surface area contributed by atoms with E-state index in [4.69, 9.17) is 0 Å². The predicted octanol–water partition coefficient (Wildman–Crippen LogP) is 3.03. The van der Waals surface area contributed by atoms with E-state index in [1.807, 2.05) is 6.07 Å². The van der Waals surface area contributed by atoms with Crippen molar-refractivity contribution in [2.45, 2.75) is 18.8 Å². The van der Waals surface area contributed by atoms with Gasteiger partial charge in [0.25, 0.3) is 0 Å². The highest BCUT2D eigenvalue weighted by atomic mass is 79.9.